The molecule has 0 bridgehead atoms. The molecule has 1 aromatic heterocycles. The van der Waals surface area contributed by atoms with Crippen molar-refractivity contribution in [1.29, 1.82) is 0 Å². The molecule has 6 heteroatoms. The molecular formula is C14H20Cl3N3. The largest absolute Gasteiger partial charge is 0.314 e. The van der Waals surface area contributed by atoms with Crippen LogP contribution < -0.4 is 5.32 Å². The van der Waals surface area contributed by atoms with Crippen molar-refractivity contribution in [2.45, 2.75) is 26.3 Å². The summed E-state index contributed by atoms with van der Waals surface area (Å²) in [6.07, 6.45) is 2.66. The highest BCUT2D eigenvalue weighted by Gasteiger charge is 2.30. The van der Waals surface area contributed by atoms with E-state index in [4.69, 9.17) is 34.8 Å². The van der Waals surface area contributed by atoms with Crippen LogP contribution in [-0.2, 0) is 0 Å². The van der Waals surface area contributed by atoms with Crippen LogP contribution in [-0.4, -0.2) is 36.1 Å². The quantitative estimate of drug-likeness (QED) is 0.841. The molecule has 2 heterocycles. The average Bonchev–Trinajstić information content (AvgIpc) is 2.48. The van der Waals surface area contributed by atoms with Gasteiger partial charge in [0.2, 0.25) is 0 Å². The molecule has 1 unspecified atom stereocenters. The Balaban J connectivity index is 2.43. The lowest BCUT2D eigenvalue weighted by molar-refractivity contribution is 0.128. The Bertz CT molecular complexity index is 461. The third-order valence-corrected chi connectivity index (χ3v) is 5.06. The van der Waals surface area contributed by atoms with Gasteiger partial charge < -0.3 is 5.32 Å². The number of halogens is 3. The molecule has 0 aliphatic carbocycles. The normalized spacial score (nSPS) is 19.9. The Labute approximate surface area is 135 Å². The minimum absolute atomic E-state index is 0.183. The van der Waals surface area contributed by atoms with Crippen LogP contribution in [0.1, 0.15) is 31.9 Å². The molecule has 1 aliphatic rings. The van der Waals surface area contributed by atoms with Crippen molar-refractivity contribution in [3.63, 3.8) is 0 Å². The summed E-state index contributed by atoms with van der Waals surface area (Å²) in [5.41, 5.74) is 0.921. The number of nitrogens with one attached hydrogen (secondary N) is 1. The van der Waals surface area contributed by atoms with Gasteiger partial charge in [-0.1, -0.05) is 55.1 Å². The molecule has 0 aromatic carbocycles. The van der Waals surface area contributed by atoms with Crippen LogP contribution in [0.3, 0.4) is 0 Å². The number of piperazine rings is 1. The van der Waals surface area contributed by atoms with Crippen molar-refractivity contribution >= 4 is 34.8 Å². The molecule has 0 amide bonds. The smallest absolute Gasteiger partial charge is 0.148 e. The summed E-state index contributed by atoms with van der Waals surface area (Å²) >= 11 is 18.8. The first-order chi connectivity index (χ1) is 9.56. The third kappa shape index (κ3) is 3.40. The summed E-state index contributed by atoms with van der Waals surface area (Å²) in [6, 6.07) is 0.183. The fourth-order valence-electron chi connectivity index (χ4n) is 2.74. The van der Waals surface area contributed by atoms with E-state index in [1.165, 1.54) is 0 Å². The number of rotatable bonds is 4. The van der Waals surface area contributed by atoms with Gasteiger partial charge in [-0.05, 0) is 5.92 Å². The van der Waals surface area contributed by atoms with Crippen molar-refractivity contribution in [1.82, 2.24) is 15.2 Å². The van der Waals surface area contributed by atoms with E-state index in [1.807, 2.05) is 0 Å². The molecule has 1 saturated heterocycles. The van der Waals surface area contributed by atoms with Crippen molar-refractivity contribution in [3.05, 3.63) is 27.0 Å². The number of nitrogens with zero attached hydrogens (tertiary/aromatic N) is 2. The molecule has 0 spiro atoms. The van der Waals surface area contributed by atoms with E-state index in [-0.39, 0.29) is 6.04 Å². The SMILES string of the molecule is CCC(C)[C@@H](c1c(Cl)cnc(Cl)c1Cl)N1CCNCC1. The maximum Gasteiger partial charge on any atom is 0.148 e. The van der Waals surface area contributed by atoms with Gasteiger partial charge in [0.25, 0.3) is 0 Å². The van der Waals surface area contributed by atoms with Crippen LogP contribution >= 0.6 is 34.8 Å². The zero-order chi connectivity index (χ0) is 14.7. The Kier molecular flexibility index (Phi) is 5.94. The molecule has 3 nitrogen and oxygen atoms in total. The Morgan fingerprint density at radius 2 is 1.95 bits per heavy atom. The number of hydrogen-bond donors (Lipinski definition) is 1. The van der Waals surface area contributed by atoms with Crippen molar-refractivity contribution in [2.24, 2.45) is 5.92 Å². The van der Waals surface area contributed by atoms with Gasteiger partial charge >= 0.3 is 0 Å². The lowest BCUT2D eigenvalue weighted by Crippen LogP contribution is -2.46. The van der Waals surface area contributed by atoms with Gasteiger partial charge in [-0.15, -0.1) is 0 Å². The minimum Gasteiger partial charge on any atom is -0.314 e. The van der Waals surface area contributed by atoms with E-state index in [0.717, 1.165) is 38.2 Å². The van der Waals surface area contributed by atoms with Crippen molar-refractivity contribution < 1.29 is 0 Å². The predicted molar refractivity (Wildman–Crippen MR) is 85.9 cm³/mol. The van der Waals surface area contributed by atoms with Gasteiger partial charge in [-0.2, -0.15) is 0 Å². The third-order valence-electron chi connectivity index (χ3n) is 3.99. The topological polar surface area (TPSA) is 28.2 Å². The van der Waals surface area contributed by atoms with E-state index < -0.39 is 0 Å². The monoisotopic (exact) mass is 335 g/mol. The summed E-state index contributed by atoms with van der Waals surface area (Å²) in [7, 11) is 0. The molecule has 0 radical (unpaired) electrons. The number of hydrogen-bond acceptors (Lipinski definition) is 3. The second-order valence-electron chi connectivity index (χ2n) is 5.24. The van der Waals surface area contributed by atoms with Crippen LogP contribution in [0.25, 0.3) is 0 Å². The Morgan fingerprint density at radius 3 is 2.55 bits per heavy atom. The van der Waals surface area contributed by atoms with Crippen LogP contribution in [0.5, 0.6) is 0 Å². The molecule has 1 fully saturated rings. The van der Waals surface area contributed by atoms with Crippen LogP contribution in [0, 0.1) is 5.92 Å². The van der Waals surface area contributed by atoms with Gasteiger partial charge in [-0.3, -0.25) is 4.90 Å². The molecule has 2 atom stereocenters. The maximum atomic E-state index is 6.39. The fourth-order valence-corrected chi connectivity index (χ4v) is 3.45. The fraction of sp³-hybridized carbons (Fsp3) is 0.643. The maximum absolute atomic E-state index is 6.39. The highest BCUT2D eigenvalue weighted by atomic mass is 35.5. The minimum atomic E-state index is 0.183. The van der Waals surface area contributed by atoms with Gasteiger partial charge in [0.05, 0.1) is 10.0 Å². The predicted octanol–water partition coefficient (Wildman–Crippen LogP) is 4.03. The molecule has 2 rings (SSSR count). The van der Waals surface area contributed by atoms with E-state index >= 15 is 0 Å². The standard InChI is InChI=1S/C14H20Cl3N3/c1-3-9(2)13(20-6-4-18-5-7-20)11-10(15)8-19-14(17)12(11)16/h8-9,13,18H,3-7H2,1-2H3/t9?,13-/m0/s1. The van der Waals surface area contributed by atoms with E-state index in [9.17, 15) is 0 Å². The molecule has 0 saturated carbocycles. The van der Waals surface area contributed by atoms with Crippen molar-refractivity contribution in [2.75, 3.05) is 26.2 Å². The zero-order valence-electron chi connectivity index (χ0n) is 11.8. The molecule has 1 aliphatic heterocycles. The first-order valence-electron chi connectivity index (χ1n) is 7.00. The van der Waals surface area contributed by atoms with E-state index in [0.29, 0.717) is 21.1 Å². The molecule has 1 aromatic rings. The first kappa shape index (κ1) is 16.3. The van der Waals surface area contributed by atoms with Crippen LogP contribution in [0.15, 0.2) is 6.20 Å². The average molecular weight is 337 g/mol. The van der Waals surface area contributed by atoms with Gasteiger partial charge in [0.15, 0.2) is 0 Å². The molecular weight excluding hydrogens is 317 g/mol. The molecule has 20 heavy (non-hydrogen) atoms. The van der Waals surface area contributed by atoms with E-state index in [1.54, 1.807) is 6.20 Å². The zero-order valence-corrected chi connectivity index (χ0v) is 14.1. The number of aromatic nitrogens is 1. The van der Waals surface area contributed by atoms with Crippen molar-refractivity contribution in [3.8, 4) is 0 Å². The summed E-state index contributed by atoms with van der Waals surface area (Å²) in [5, 5.41) is 4.79. The summed E-state index contributed by atoms with van der Waals surface area (Å²) in [6.45, 7) is 8.36. The summed E-state index contributed by atoms with van der Waals surface area (Å²) in [5.74, 6) is 0.446. The highest BCUT2D eigenvalue weighted by molar-refractivity contribution is 6.43. The lowest BCUT2D eigenvalue weighted by atomic mass is 9.91. The van der Waals surface area contributed by atoms with E-state index in [2.05, 4.69) is 29.0 Å². The second kappa shape index (κ2) is 7.28. The highest BCUT2D eigenvalue weighted by Crippen LogP contribution is 2.41. The van der Waals surface area contributed by atoms with Gasteiger partial charge in [-0.25, -0.2) is 4.98 Å². The summed E-state index contributed by atoms with van der Waals surface area (Å²) in [4.78, 5) is 6.46. The van der Waals surface area contributed by atoms with Gasteiger partial charge in [0, 0.05) is 44.0 Å². The second-order valence-corrected chi connectivity index (χ2v) is 6.38. The number of pyridine rings is 1. The first-order valence-corrected chi connectivity index (χ1v) is 8.13. The summed E-state index contributed by atoms with van der Waals surface area (Å²) < 4.78 is 0. The Hall–Kier alpha value is -0.0600. The Morgan fingerprint density at radius 1 is 1.30 bits per heavy atom. The molecule has 112 valence electrons. The van der Waals surface area contributed by atoms with Crippen LogP contribution in [0.4, 0.5) is 0 Å². The molecule has 1 N–H and O–H groups in total. The van der Waals surface area contributed by atoms with Crippen LogP contribution in [0.2, 0.25) is 15.2 Å². The lowest BCUT2D eigenvalue weighted by Gasteiger charge is -2.39. The van der Waals surface area contributed by atoms with Gasteiger partial charge in [0.1, 0.15) is 5.15 Å².